The number of anilines is 1. The lowest BCUT2D eigenvalue weighted by Gasteiger charge is -2.18. The van der Waals surface area contributed by atoms with Gasteiger partial charge in [0.1, 0.15) is 0 Å². The first-order chi connectivity index (χ1) is 8.66. The van der Waals surface area contributed by atoms with Crippen LogP contribution in [0.4, 0.5) is 5.69 Å². The standard InChI is InChI=1S/C15H14ClNO/c1-17(14-9-5-8-13(16)10-14)11-15(18)12-6-3-2-4-7-12/h2-10H,11H2,1H3. The molecule has 0 N–H and O–H groups in total. The van der Waals surface area contributed by atoms with Crippen LogP contribution >= 0.6 is 11.6 Å². The van der Waals surface area contributed by atoms with Crippen molar-refractivity contribution in [1.29, 1.82) is 0 Å². The molecule has 2 rings (SSSR count). The molecule has 0 saturated carbocycles. The van der Waals surface area contributed by atoms with Crippen LogP contribution in [0.5, 0.6) is 0 Å². The van der Waals surface area contributed by atoms with Crippen LogP contribution in [0.2, 0.25) is 5.02 Å². The lowest BCUT2D eigenvalue weighted by molar-refractivity contribution is 0.100. The number of rotatable bonds is 4. The maximum Gasteiger partial charge on any atom is 0.182 e. The molecule has 0 heterocycles. The number of nitrogens with zero attached hydrogens (tertiary/aromatic N) is 1. The molecule has 0 bridgehead atoms. The van der Waals surface area contributed by atoms with Gasteiger partial charge in [0.2, 0.25) is 0 Å². The molecular weight excluding hydrogens is 246 g/mol. The van der Waals surface area contributed by atoms with E-state index < -0.39 is 0 Å². The highest BCUT2D eigenvalue weighted by Crippen LogP contribution is 2.18. The van der Waals surface area contributed by atoms with Crippen LogP contribution in [0.15, 0.2) is 54.6 Å². The van der Waals surface area contributed by atoms with Crippen molar-refractivity contribution >= 4 is 23.1 Å². The van der Waals surface area contributed by atoms with Crippen molar-refractivity contribution in [3.05, 3.63) is 65.2 Å². The Bertz CT molecular complexity index is 539. The third-order valence-corrected chi connectivity index (χ3v) is 2.96. The summed E-state index contributed by atoms with van der Waals surface area (Å²) in [5.74, 6) is 0.0954. The Morgan fingerprint density at radius 3 is 2.50 bits per heavy atom. The van der Waals surface area contributed by atoms with Crippen molar-refractivity contribution in [3.8, 4) is 0 Å². The van der Waals surface area contributed by atoms with Gasteiger partial charge >= 0.3 is 0 Å². The van der Waals surface area contributed by atoms with Gasteiger partial charge in [0.05, 0.1) is 6.54 Å². The van der Waals surface area contributed by atoms with E-state index in [4.69, 9.17) is 11.6 Å². The van der Waals surface area contributed by atoms with Crippen LogP contribution in [0.1, 0.15) is 10.4 Å². The second-order valence-electron chi connectivity index (χ2n) is 4.13. The summed E-state index contributed by atoms with van der Waals surface area (Å²) in [5, 5.41) is 0.673. The molecule has 0 fully saturated rings. The zero-order valence-corrected chi connectivity index (χ0v) is 10.9. The zero-order chi connectivity index (χ0) is 13.0. The molecule has 18 heavy (non-hydrogen) atoms. The minimum atomic E-state index is 0.0954. The second-order valence-corrected chi connectivity index (χ2v) is 4.56. The summed E-state index contributed by atoms with van der Waals surface area (Å²) in [7, 11) is 1.88. The molecular formula is C15H14ClNO. The van der Waals surface area contributed by atoms with Gasteiger partial charge in [-0.05, 0) is 18.2 Å². The Labute approximate surface area is 112 Å². The smallest absolute Gasteiger partial charge is 0.182 e. The molecule has 0 unspecified atom stereocenters. The number of Topliss-reactive ketones (excluding diaryl/α,β-unsaturated/α-hetero) is 1. The van der Waals surface area contributed by atoms with Gasteiger partial charge in [-0.1, -0.05) is 48.0 Å². The Hall–Kier alpha value is -1.80. The summed E-state index contributed by atoms with van der Waals surface area (Å²) in [6, 6.07) is 16.8. The quantitative estimate of drug-likeness (QED) is 0.781. The molecule has 2 nitrogen and oxygen atoms in total. The summed E-state index contributed by atoms with van der Waals surface area (Å²) >= 11 is 5.93. The van der Waals surface area contributed by atoms with Crippen LogP contribution in [-0.4, -0.2) is 19.4 Å². The molecule has 0 aliphatic carbocycles. The van der Waals surface area contributed by atoms with Crippen molar-refractivity contribution in [1.82, 2.24) is 0 Å². The summed E-state index contributed by atoms with van der Waals surface area (Å²) in [6.45, 7) is 0.338. The molecule has 0 amide bonds. The average molecular weight is 260 g/mol. The lowest BCUT2D eigenvalue weighted by Crippen LogP contribution is -2.25. The molecule has 0 spiro atoms. The predicted octanol–water partition coefficient (Wildman–Crippen LogP) is 3.66. The fourth-order valence-corrected chi connectivity index (χ4v) is 1.92. The number of benzene rings is 2. The van der Waals surface area contributed by atoms with Crippen LogP contribution in [0, 0.1) is 0 Å². The van der Waals surface area contributed by atoms with Gasteiger partial charge in [-0.15, -0.1) is 0 Å². The molecule has 0 aliphatic rings. The molecule has 0 radical (unpaired) electrons. The highest BCUT2D eigenvalue weighted by Gasteiger charge is 2.09. The van der Waals surface area contributed by atoms with Gasteiger partial charge in [0, 0.05) is 23.3 Å². The van der Waals surface area contributed by atoms with E-state index in [0.29, 0.717) is 11.6 Å². The van der Waals surface area contributed by atoms with Gasteiger partial charge in [0.25, 0.3) is 0 Å². The Balaban J connectivity index is 2.08. The third kappa shape index (κ3) is 3.11. The van der Waals surface area contributed by atoms with E-state index in [1.807, 2.05) is 66.5 Å². The predicted molar refractivity (Wildman–Crippen MR) is 75.5 cm³/mol. The van der Waals surface area contributed by atoms with Crippen LogP contribution in [0.25, 0.3) is 0 Å². The molecule has 2 aromatic carbocycles. The van der Waals surface area contributed by atoms with E-state index in [9.17, 15) is 4.79 Å². The van der Waals surface area contributed by atoms with Crippen molar-refractivity contribution in [2.45, 2.75) is 0 Å². The first-order valence-corrected chi connectivity index (χ1v) is 6.09. The fraction of sp³-hybridized carbons (Fsp3) is 0.133. The van der Waals surface area contributed by atoms with Crippen LogP contribution in [-0.2, 0) is 0 Å². The number of halogens is 1. The molecule has 2 aromatic rings. The SMILES string of the molecule is CN(CC(=O)c1ccccc1)c1cccc(Cl)c1. The van der Waals surface area contributed by atoms with E-state index >= 15 is 0 Å². The zero-order valence-electron chi connectivity index (χ0n) is 10.1. The summed E-state index contributed by atoms with van der Waals surface area (Å²) in [6.07, 6.45) is 0. The molecule has 3 heteroatoms. The maximum absolute atomic E-state index is 12.0. The second kappa shape index (κ2) is 5.69. The van der Waals surface area contributed by atoms with Gasteiger partial charge in [-0.25, -0.2) is 0 Å². The number of hydrogen-bond donors (Lipinski definition) is 0. The first kappa shape index (κ1) is 12.7. The highest BCUT2D eigenvalue weighted by molar-refractivity contribution is 6.30. The number of carbonyl (C=O) groups is 1. The van der Waals surface area contributed by atoms with Crippen molar-refractivity contribution in [2.24, 2.45) is 0 Å². The van der Waals surface area contributed by atoms with Crippen LogP contribution < -0.4 is 4.90 Å². The number of carbonyl (C=O) groups excluding carboxylic acids is 1. The Morgan fingerprint density at radius 2 is 1.83 bits per heavy atom. The highest BCUT2D eigenvalue weighted by atomic mass is 35.5. The van der Waals surface area contributed by atoms with Gasteiger partial charge in [-0.3, -0.25) is 4.79 Å². The molecule has 0 saturated heterocycles. The average Bonchev–Trinajstić information content (AvgIpc) is 2.39. The van der Waals surface area contributed by atoms with Gasteiger partial charge in [0.15, 0.2) is 5.78 Å². The van der Waals surface area contributed by atoms with Crippen molar-refractivity contribution in [3.63, 3.8) is 0 Å². The minimum Gasteiger partial charge on any atom is -0.367 e. The van der Waals surface area contributed by atoms with E-state index in [1.165, 1.54) is 0 Å². The van der Waals surface area contributed by atoms with E-state index in [-0.39, 0.29) is 5.78 Å². The lowest BCUT2D eigenvalue weighted by atomic mass is 10.1. The van der Waals surface area contributed by atoms with Crippen molar-refractivity contribution < 1.29 is 4.79 Å². The summed E-state index contributed by atoms with van der Waals surface area (Å²) in [4.78, 5) is 13.9. The maximum atomic E-state index is 12.0. The third-order valence-electron chi connectivity index (χ3n) is 2.73. The topological polar surface area (TPSA) is 20.3 Å². The first-order valence-electron chi connectivity index (χ1n) is 5.72. The van der Waals surface area contributed by atoms with Gasteiger partial charge < -0.3 is 4.90 Å². The molecule has 0 atom stereocenters. The number of likely N-dealkylation sites (N-methyl/N-ethyl adjacent to an activating group) is 1. The van der Waals surface area contributed by atoms with E-state index in [0.717, 1.165) is 11.3 Å². The number of hydrogen-bond acceptors (Lipinski definition) is 2. The summed E-state index contributed by atoms with van der Waals surface area (Å²) in [5.41, 5.74) is 1.66. The summed E-state index contributed by atoms with van der Waals surface area (Å²) < 4.78 is 0. The minimum absolute atomic E-state index is 0.0954. The van der Waals surface area contributed by atoms with E-state index in [1.54, 1.807) is 0 Å². The Kier molecular flexibility index (Phi) is 4.00. The Morgan fingerprint density at radius 1 is 1.11 bits per heavy atom. The largest absolute Gasteiger partial charge is 0.367 e. The molecule has 0 aromatic heterocycles. The van der Waals surface area contributed by atoms with Crippen molar-refractivity contribution in [2.75, 3.05) is 18.5 Å². The monoisotopic (exact) mass is 259 g/mol. The van der Waals surface area contributed by atoms with E-state index in [2.05, 4.69) is 0 Å². The van der Waals surface area contributed by atoms with Crippen LogP contribution in [0.3, 0.4) is 0 Å². The normalized spacial score (nSPS) is 10.1. The molecule has 92 valence electrons. The van der Waals surface area contributed by atoms with Gasteiger partial charge in [-0.2, -0.15) is 0 Å². The number of ketones is 1. The molecule has 0 aliphatic heterocycles. The fourth-order valence-electron chi connectivity index (χ4n) is 1.74.